The maximum atomic E-state index is 11.7. The first kappa shape index (κ1) is 16.6. The normalized spacial score (nSPS) is 10.1. The van der Waals surface area contributed by atoms with Crippen LogP contribution in [-0.2, 0) is 11.3 Å². The fourth-order valence-electron chi connectivity index (χ4n) is 1.96. The van der Waals surface area contributed by atoms with E-state index in [-0.39, 0.29) is 18.0 Å². The Morgan fingerprint density at radius 3 is 2.43 bits per heavy atom. The van der Waals surface area contributed by atoms with Gasteiger partial charge in [-0.25, -0.2) is 0 Å². The lowest BCUT2D eigenvalue weighted by Crippen LogP contribution is -2.34. The minimum atomic E-state index is -0.228. The second kappa shape index (κ2) is 8.63. The van der Waals surface area contributed by atoms with Crippen LogP contribution in [-0.4, -0.2) is 30.2 Å². The van der Waals surface area contributed by atoms with Crippen molar-refractivity contribution in [3.8, 4) is 11.5 Å². The molecule has 0 atom stereocenters. The molecular weight excluding hydrogens is 296 g/mol. The number of nitrogens with one attached hydrogen (secondary N) is 1. The number of pyridine rings is 1. The average Bonchev–Trinajstić information content (AvgIpc) is 2.55. The zero-order valence-corrected chi connectivity index (χ0v) is 13.0. The molecule has 0 fully saturated rings. The largest absolute Gasteiger partial charge is 0.494 e. The van der Waals surface area contributed by atoms with Crippen molar-refractivity contribution < 1.29 is 14.3 Å². The Balaban J connectivity index is 1.69. The monoisotopic (exact) mass is 316 g/mol. The zero-order chi connectivity index (χ0) is 16.5. The first-order chi connectivity index (χ1) is 11.2. The van der Waals surface area contributed by atoms with Gasteiger partial charge in [-0.15, -0.1) is 0 Å². The SMILES string of the molecule is CCOc1ccc(OCCNC(=O)Cn2ccccc2=O)cc1. The standard InChI is InChI=1S/C17H20N2O4/c1-2-22-14-6-8-15(9-7-14)23-12-10-18-16(20)13-19-11-4-3-5-17(19)21/h3-9,11H,2,10,12-13H2,1H3,(H,18,20). The highest BCUT2D eigenvalue weighted by atomic mass is 16.5. The molecular formula is C17H20N2O4. The van der Waals surface area contributed by atoms with Gasteiger partial charge in [-0.2, -0.15) is 0 Å². The molecule has 0 saturated heterocycles. The average molecular weight is 316 g/mol. The van der Waals surface area contributed by atoms with Crippen molar-refractivity contribution in [2.24, 2.45) is 0 Å². The summed E-state index contributed by atoms with van der Waals surface area (Å²) in [7, 11) is 0. The second-order valence-electron chi connectivity index (χ2n) is 4.77. The molecule has 0 aliphatic heterocycles. The molecule has 6 heteroatoms. The van der Waals surface area contributed by atoms with E-state index in [1.807, 2.05) is 31.2 Å². The van der Waals surface area contributed by atoms with Crippen LogP contribution in [0.1, 0.15) is 6.92 Å². The Morgan fingerprint density at radius 2 is 1.78 bits per heavy atom. The molecule has 2 rings (SSSR count). The molecule has 1 heterocycles. The number of carbonyl (C=O) groups is 1. The maximum Gasteiger partial charge on any atom is 0.250 e. The van der Waals surface area contributed by atoms with Gasteiger partial charge >= 0.3 is 0 Å². The molecule has 23 heavy (non-hydrogen) atoms. The van der Waals surface area contributed by atoms with E-state index in [0.717, 1.165) is 5.75 Å². The lowest BCUT2D eigenvalue weighted by atomic mass is 10.3. The Hall–Kier alpha value is -2.76. The van der Waals surface area contributed by atoms with Crippen molar-refractivity contribution in [1.82, 2.24) is 9.88 Å². The summed E-state index contributed by atoms with van der Waals surface area (Å²) in [5, 5.41) is 2.71. The third-order valence-electron chi connectivity index (χ3n) is 3.04. The van der Waals surface area contributed by atoms with E-state index < -0.39 is 0 Å². The van der Waals surface area contributed by atoms with Gasteiger partial charge < -0.3 is 19.4 Å². The van der Waals surface area contributed by atoms with Crippen molar-refractivity contribution in [1.29, 1.82) is 0 Å². The number of nitrogens with zero attached hydrogens (tertiary/aromatic N) is 1. The summed E-state index contributed by atoms with van der Waals surface area (Å²) in [4.78, 5) is 23.2. The van der Waals surface area contributed by atoms with Crippen LogP contribution < -0.4 is 20.3 Å². The Bertz CT molecular complexity index is 679. The van der Waals surface area contributed by atoms with E-state index in [1.54, 1.807) is 18.3 Å². The summed E-state index contributed by atoms with van der Waals surface area (Å²) < 4.78 is 12.2. The molecule has 0 saturated carbocycles. The van der Waals surface area contributed by atoms with Gasteiger partial charge in [-0.05, 0) is 37.3 Å². The fourth-order valence-corrected chi connectivity index (χ4v) is 1.96. The molecule has 0 aliphatic carbocycles. The first-order valence-corrected chi connectivity index (χ1v) is 7.47. The number of rotatable bonds is 8. The highest BCUT2D eigenvalue weighted by molar-refractivity contribution is 5.75. The number of carbonyl (C=O) groups excluding carboxylic acids is 1. The van der Waals surface area contributed by atoms with Gasteiger partial charge in [-0.1, -0.05) is 6.07 Å². The summed E-state index contributed by atoms with van der Waals surface area (Å²) in [5.41, 5.74) is -0.201. The van der Waals surface area contributed by atoms with Crippen LogP contribution >= 0.6 is 0 Å². The molecule has 0 unspecified atom stereocenters. The van der Waals surface area contributed by atoms with Crippen LogP contribution in [0.4, 0.5) is 0 Å². The summed E-state index contributed by atoms with van der Waals surface area (Å²) in [6.07, 6.45) is 1.58. The lowest BCUT2D eigenvalue weighted by Gasteiger charge is -2.09. The van der Waals surface area contributed by atoms with Crippen LogP contribution in [0.2, 0.25) is 0 Å². The highest BCUT2D eigenvalue weighted by Crippen LogP contribution is 2.17. The Kier molecular flexibility index (Phi) is 6.23. The second-order valence-corrected chi connectivity index (χ2v) is 4.77. The molecule has 0 bridgehead atoms. The number of hydrogen-bond donors (Lipinski definition) is 1. The van der Waals surface area contributed by atoms with Crippen molar-refractivity contribution in [2.45, 2.75) is 13.5 Å². The van der Waals surface area contributed by atoms with Gasteiger partial charge in [0.1, 0.15) is 24.7 Å². The topological polar surface area (TPSA) is 69.6 Å². The Labute approximate surface area is 134 Å². The van der Waals surface area contributed by atoms with Gasteiger partial charge in [0.05, 0.1) is 13.2 Å². The lowest BCUT2D eigenvalue weighted by molar-refractivity contribution is -0.121. The van der Waals surface area contributed by atoms with Crippen LogP contribution in [0.15, 0.2) is 53.5 Å². The minimum absolute atomic E-state index is 0.00271. The van der Waals surface area contributed by atoms with Crippen molar-refractivity contribution in [2.75, 3.05) is 19.8 Å². The molecule has 1 aromatic carbocycles. The molecule has 1 N–H and O–H groups in total. The number of hydrogen-bond acceptors (Lipinski definition) is 4. The predicted octanol–water partition coefficient (Wildman–Crippen LogP) is 1.44. The quantitative estimate of drug-likeness (QED) is 0.748. The van der Waals surface area contributed by atoms with Crippen LogP contribution in [0.3, 0.4) is 0 Å². The van der Waals surface area contributed by atoms with E-state index in [9.17, 15) is 9.59 Å². The molecule has 0 aliphatic rings. The number of aromatic nitrogens is 1. The third-order valence-corrected chi connectivity index (χ3v) is 3.04. The van der Waals surface area contributed by atoms with E-state index >= 15 is 0 Å². The third kappa shape index (κ3) is 5.50. The maximum absolute atomic E-state index is 11.7. The molecule has 1 amide bonds. The number of ether oxygens (including phenoxy) is 2. The Morgan fingerprint density at radius 1 is 1.09 bits per heavy atom. The van der Waals surface area contributed by atoms with E-state index in [4.69, 9.17) is 9.47 Å². The summed E-state index contributed by atoms with van der Waals surface area (Å²) >= 11 is 0. The molecule has 0 radical (unpaired) electrons. The smallest absolute Gasteiger partial charge is 0.250 e. The summed E-state index contributed by atoms with van der Waals surface area (Å²) in [5.74, 6) is 1.28. The molecule has 122 valence electrons. The van der Waals surface area contributed by atoms with Gasteiger partial charge in [-0.3, -0.25) is 9.59 Å². The van der Waals surface area contributed by atoms with Gasteiger partial charge in [0, 0.05) is 12.3 Å². The van der Waals surface area contributed by atoms with Gasteiger partial charge in [0.2, 0.25) is 5.91 Å². The zero-order valence-electron chi connectivity index (χ0n) is 13.0. The summed E-state index contributed by atoms with van der Waals surface area (Å²) in [6.45, 7) is 3.27. The molecule has 2 aromatic rings. The van der Waals surface area contributed by atoms with Crippen molar-refractivity contribution >= 4 is 5.91 Å². The minimum Gasteiger partial charge on any atom is -0.494 e. The first-order valence-electron chi connectivity index (χ1n) is 7.47. The fraction of sp³-hybridized carbons (Fsp3) is 0.294. The van der Waals surface area contributed by atoms with Crippen LogP contribution in [0, 0.1) is 0 Å². The summed E-state index contributed by atoms with van der Waals surface area (Å²) in [6, 6.07) is 12.1. The van der Waals surface area contributed by atoms with Gasteiger partial charge in [0.15, 0.2) is 0 Å². The highest BCUT2D eigenvalue weighted by Gasteiger charge is 2.03. The number of benzene rings is 1. The van der Waals surface area contributed by atoms with E-state index in [0.29, 0.717) is 25.5 Å². The van der Waals surface area contributed by atoms with Crippen molar-refractivity contribution in [3.05, 3.63) is 59.0 Å². The van der Waals surface area contributed by atoms with Gasteiger partial charge in [0.25, 0.3) is 5.56 Å². The van der Waals surface area contributed by atoms with E-state index in [2.05, 4.69) is 5.32 Å². The predicted molar refractivity (Wildman–Crippen MR) is 86.8 cm³/mol. The van der Waals surface area contributed by atoms with E-state index in [1.165, 1.54) is 10.6 Å². The van der Waals surface area contributed by atoms with Crippen LogP contribution in [0.25, 0.3) is 0 Å². The molecule has 6 nitrogen and oxygen atoms in total. The van der Waals surface area contributed by atoms with Crippen LogP contribution in [0.5, 0.6) is 11.5 Å². The molecule has 1 aromatic heterocycles. The van der Waals surface area contributed by atoms with Crippen molar-refractivity contribution in [3.63, 3.8) is 0 Å². The molecule has 0 spiro atoms. The number of amides is 1.